The van der Waals surface area contributed by atoms with Crippen LogP contribution in [0.15, 0.2) is 139 Å². The average Bonchev–Trinajstić information content (AvgIpc) is 4.04. The van der Waals surface area contributed by atoms with E-state index in [0.717, 1.165) is 29.8 Å². The molecular formula is C38H34N6O2S7. The van der Waals surface area contributed by atoms with Gasteiger partial charge in [0.05, 0.1) is 49.1 Å². The molecule has 15 heteroatoms. The maximum absolute atomic E-state index is 11.1. The Bertz CT molecular complexity index is 2010. The van der Waals surface area contributed by atoms with Crippen LogP contribution in [0.4, 0.5) is 11.4 Å². The minimum absolute atomic E-state index is 0.325. The molecule has 0 spiro atoms. The van der Waals surface area contributed by atoms with Crippen molar-refractivity contribution in [2.24, 2.45) is 10.2 Å². The van der Waals surface area contributed by atoms with E-state index in [-0.39, 0.29) is 0 Å². The van der Waals surface area contributed by atoms with Crippen molar-refractivity contribution in [1.29, 1.82) is 0 Å². The number of aliphatic hydroxyl groups excluding tert-OH is 2. The molecule has 270 valence electrons. The molecule has 0 aliphatic rings. The highest BCUT2D eigenvalue weighted by Crippen LogP contribution is 2.33. The van der Waals surface area contributed by atoms with E-state index in [1.54, 1.807) is 45.3 Å². The molecule has 5 heterocycles. The summed E-state index contributed by atoms with van der Waals surface area (Å²) in [6.45, 7) is 0.651. The Kier molecular flexibility index (Phi) is 13.6. The van der Waals surface area contributed by atoms with Gasteiger partial charge in [-0.05, 0) is 71.4 Å². The number of thioether (sulfide) groups is 2. The van der Waals surface area contributed by atoms with E-state index in [1.807, 2.05) is 83.1 Å². The Hall–Kier alpha value is -3.64. The smallest absolute Gasteiger partial charge is 0.175 e. The van der Waals surface area contributed by atoms with Crippen LogP contribution in [0.2, 0.25) is 0 Å². The summed E-state index contributed by atoms with van der Waals surface area (Å²) in [4.78, 5) is 7.00. The second-order valence-corrected chi connectivity index (χ2v) is 19.1. The van der Waals surface area contributed by atoms with Crippen molar-refractivity contribution in [1.82, 2.24) is 10.2 Å². The second-order valence-electron chi connectivity index (χ2n) is 11.4. The molecule has 2 N–H and O–H groups in total. The van der Waals surface area contributed by atoms with Gasteiger partial charge in [-0.25, -0.2) is 0 Å². The maximum atomic E-state index is 11.1. The van der Waals surface area contributed by atoms with Crippen molar-refractivity contribution in [3.63, 3.8) is 0 Å². The molecule has 0 aliphatic carbocycles. The van der Waals surface area contributed by atoms with E-state index in [0.29, 0.717) is 24.6 Å². The first-order valence-corrected chi connectivity index (χ1v) is 22.7. The molecule has 0 bridgehead atoms. The van der Waals surface area contributed by atoms with Gasteiger partial charge in [-0.2, -0.15) is 10.2 Å². The van der Waals surface area contributed by atoms with Crippen molar-refractivity contribution in [3.8, 4) is 19.5 Å². The molecular weight excluding hydrogens is 797 g/mol. The number of hydrogen-bond donors (Lipinski definition) is 2. The number of nitrogens with zero attached hydrogens (tertiary/aromatic N) is 6. The van der Waals surface area contributed by atoms with Gasteiger partial charge in [-0.3, -0.25) is 10.0 Å². The van der Waals surface area contributed by atoms with E-state index in [9.17, 15) is 10.2 Å². The highest BCUT2D eigenvalue weighted by Gasteiger charge is 2.17. The van der Waals surface area contributed by atoms with E-state index in [4.69, 9.17) is 10.2 Å². The van der Waals surface area contributed by atoms with Gasteiger partial charge >= 0.3 is 0 Å². The Morgan fingerprint density at radius 3 is 1.42 bits per heavy atom. The fraction of sp³-hybridized carbons (Fsp3) is 0.158. The van der Waals surface area contributed by atoms with Gasteiger partial charge in [0.25, 0.3) is 0 Å². The Morgan fingerprint density at radius 1 is 0.547 bits per heavy atom. The van der Waals surface area contributed by atoms with Crippen LogP contribution in [0.1, 0.15) is 9.75 Å². The molecule has 7 aromatic rings. The van der Waals surface area contributed by atoms with Gasteiger partial charge < -0.3 is 10.2 Å². The molecule has 53 heavy (non-hydrogen) atoms. The minimum Gasteiger partial charge on any atom is -0.390 e. The van der Waals surface area contributed by atoms with Crippen molar-refractivity contribution >= 4 is 104 Å². The first-order valence-electron chi connectivity index (χ1n) is 16.5. The van der Waals surface area contributed by atoms with E-state index >= 15 is 0 Å². The van der Waals surface area contributed by atoms with Crippen molar-refractivity contribution in [3.05, 3.63) is 130 Å². The summed E-state index contributed by atoms with van der Waals surface area (Å²) in [5.41, 5.74) is 1.81. The predicted molar refractivity (Wildman–Crippen MR) is 231 cm³/mol. The lowest BCUT2D eigenvalue weighted by molar-refractivity contribution is 0.204. The fourth-order valence-corrected chi connectivity index (χ4v) is 11.3. The third kappa shape index (κ3) is 11.0. The molecule has 7 rings (SSSR count). The van der Waals surface area contributed by atoms with E-state index in [2.05, 4.69) is 69.5 Å². The van der Waals surface area contributed by atoms with Crippen LogP contribution in [0, 0.1) is 0 Å². The molecule has 0 saturated carbocycles. The number of hydrogen-bond acceptors (Lipinski definition) is 15. The fourth-order valence-electron chi connectivity index (χ4n) is 4.99. The van der Waals surface area contributed by atoms with E-state index in [1.165, 1.54) is 54.4 Å². The lowest BCUT2D eigenvalue weighted by atomic mass is 10.3. The summed E-state index contributed by atoms with van der Waals surface area (Å²) in [5.74, 6) is 0.872. The number of benzene rings is 2. The van der Waals surface area contributed by atoms with Crippen molar-refractivity contribution in [2.45, 2.75) is 20.9 Å². The molecule has 5 aromatic heterocycles. The van der Waals surface area contributed by atoms with Gasteiger partial charge in [0.2, 0.25) is 0 Å². The summed E-state index contributed by atoms with van der Waals surface area (Å²) < 4.78 is 1.53. The van der Waals surface area contributed by atoms with Gasteiger partial charge in [0.15, 0.2) is 8.68 Å². The lowest BCUT2D eigenvalue weighted by Crippen LogP contribution is -2.30. The predicted octanol–water partition coefficient (Wildman–Crippen LogP) is 10.1. The summed E-state index contributed by atoms with van der Waals surface area (Å²) in [5, 5.41) is 48.2. The number of aliphatic hydroxyl groups is 2. The molecule has 0 radical (unpaired) electrons. The molecule has 0 aliphatic heterocycles. The van der Waals surface area contributed by atoms with E-state index < -0.39 is 12.2 Å². The SMILES string of the molecule is OC(CSc1nnc(SCC(O)CN(N=Cc2ccc(-c3cccs3)s2)c2ccccc2)s1)CN(N=Cc1ccc(-c2cccs2)s1)c1ccccc1. The van der Waals surface area contributed by atoms with Gasteiger partial charge in [0, 0.05) is 40.8 Å². The molecule has 2 aromatic carbocycles. The number of rotatable bonds is 18. The molecule has 0 amide bonds. The zero-order valence-corrected chi connectivity index (χ0v) is 33.8. The summed E-state index contributed by atoms with van der Waals surface area (Å²) in [6.07, 6.45) is 2.39. The van der Waals surface area contributed by atoms with Crippen molar-refractivity contribution in [2.75, 3.05) is 34.6 Å². The molecule has 2 unspecified atom stereocenters. The average molecular weight is 831 g/mol. The highest BCUT2D eigenvalue weighted by molar-refractivity contribution is 8.03. The first kappa shape index (κ1) is 37.7. The largest absolute Gasteiger partial charge is 0.390 e. The monoisotopic (exact) mass is 830 g/mol. The Balaban J connectivity index is 0.908. The number of para-hydroxylation sites is 2. The normalized spacial score (nSPS) is 12.9. The number of anilines is 2. The lowest BCUT2D eigenvalue weighted by Gasteiger charge is -2.22. The summed E-state index contributed by atoms with van der Waals surface area (Å²) in [7, 11) is 0. The van der Waals surface area contributed by atoms with Crippen LogP contribution in [0.25, 0.3) is 19.5 Å². The highest BCUT2D eigenvalue weighted by atomic mass is 32.2. The Morgan fingerprint density at radius 2 is 1.00 bits per heavy atom. The zero-order valence-electron chi connectivity index (χ0n) is 28.1. The summed E-state index contributed by atoms with van der Waals surface area (Å²) in [6, 6.07) is 36.5. The van der Waals surface area contributed by atoms with Crippen LogP contribution in [0.5, 0.6) is 0 Å². The van der Waals surface area contributed by atoms with Gasteiger partial charge in [-0.1, -0.05) is 83.4 Å². The van der Waals surface area contributed by atoms with Crippen LogP contribution in [-0.2, 0) is 0 Å². The molecule has 2 atom stereocenters. The number of thiophene rings is 4. The quantitative estimate of drug-likeness (QED) is 0.0502. The summed E-state index contributed by atoms with van der Waals surface area (Å²) >= 11 is 11.2. The van der Waals surface area contributed by atoms with Crippen molar-refractivity contribution < 1.29 is 10.2 Å². The third-order valence-corrected chi connectivity index (χ3v) is 15.1. The van der Waals surface area contributed by atoms with Crippen LogP contribution in [0.3, 0.4) is 0 Å². The third-order valence-electron chi connectivity index (χ3n) is 7.49. The van der Waals surface area contributed by atoms with Crippen LogP contribution in [-0.4, -0.2) is 69.6 Å². The standard InChI is InChI=1S/C38H34N6O2S7/c45-29(23-43(27-9-3-1-4-10-27)39-21-31-15-17-35(51-31)33-13-7-19-47-33)25-49-37-41-42-38(53-37)50-26-30(46)24-44(28-11-5-2-6-12-28)40-22-32-16-18-36(52-32)34-14-8-20-48-34/h1-22,29-30,45-46H,23-26H2. The Labute approximate surface area is 336 Å². The molecule has 0 saturated heterocycles. The van der Waals surface area contributed by atoms with Gasteiger partial charge in [0.1, 0.15) is 0 Å². The first-order chi connectivity index (χ1) is 26.1. The number of hydrazone groups is 2. The molecule has 0 fully saturated rings. The maximum Gasteiger partial charge on any atom is 0.175 e. The van der Waals surface area contributed by atoms with Crippen LogP contribution < -0.4 is 10.0 Å². The topological polar surface area (TPSA) is 97.4 Å². The second kappa shape index (κ2) is 19.1. The van der Waals surface area contributed by atoms with Gasteiger partial charge in [-0.15, -0.1) is 55.5 Å². The van der Waals surface area contributed by atoms with Crippen LogP contribution >= 0.6 is 80.2 Å². The minimum atomic E-state index is -0.662. The number of aromatic nitrogens is 2. The zero-order chi connectivity index (χ0) is 36.2. The molecule has 8 nitrogen and oxygen atoms in total.